The molecule has 0 aliphatic rings. The highest BCUT2D eigenvalue weighted by atomic mass is 16.5. The SMILES string of the molecule is CCOc1ccccc1CNc1ncc2c(Nc3ccc(C)cc3)nccc2n1. The summed E-state index contributed by atoms with van der Waals surface area (Å²) in [5, 5.41) is 7.50. The van der Waals surface area contributed by atoms with Gasteiger partial charge in [0.15, 0.2) is 0 Å². The number of anilines is 3. The minimum atomic E-state index is 0.566. The van der Waals surface area contributed by atoms with Crippen LogP contribution in [0.2, 0.25) is 0 Å². The van der Waals surface area contributed by atoms with Gasteiger partial charge in [0.25, 0.3) is 0 Å². The molecule has 0 radical (unpaired) electrons. The Balaban J connectivity index is 1.53. The molecule has 0 amide bonds. The largest absolute Gasteiger partial charge is 0.494 e. The van der Waals surface area contributed by atoms with E-state index in [1.807, 2.05) is 49.4 Å². The lowest BCUT2D eigenvalue weighted by Gasteiger charge is -2.12. The van der Waals surface area contributed by atoms with E-state index in [4.69, 9.17) is 4.74 Å². The van der Waals surface area contributed by atoms with Crippen molar-refractivity contribution in [2.45, 2.75) is 20.4 Å². The molecule has 29 heavy (non-hydrogen) atoms. The standard InChI is InChI=1S/C23H23N5O/c1-3-29-21-7-5-4-6-17(21)14-25-23-26-15-19-20(28-23)12-13-24-22(19)27-18-10-8-16(2)9-11-18/h4-13,15H,3,14H2,1-2H3,(H,24,27)(H,25,26,28). The first-order chi connectivity index (χ1) is 14.2. The highest BCUT2D eigenvalue weighted by molar-refractivity contribution is 5.90. The Hall–Kier alpha value is -3.67. The van der Waals surface area contributed by atoms with Gasteiger partial charge in [-0.05, 0) is 38.1 Å². The monoisotopic (exact) mass is 385 g/mol. The summed E-state index contributed by atoms with van der Waals surface area (Å²) in [5.41, 5.74) is 4.08. The molecule has 4 aromatic rings. The number of hydrogen-bond donors (Lipinski definition) is 2. The number of benzene rings is 2. The molecule has 6 heteroatoms. The predicted molar refractivity (Wildman–Crippen MR) is 117 cm³/mol. The molecule has 2 aromatic carbocycles. The van der Waals surface area contributed by atoms with Crippen molar-refractivity contribution in [1.29, 1.82) is 0 Å². The van der Waals surface area contributed by atoms with Crippen LogP contribution < -0.4 is 15.4 Å². The molecular formula is C23H23N5O. The Bertz CT molecular complexity index is 1110. The minimum absolute atomic E-state index is 0.566. The zero-order chi connectivity index (χ0) is 20.1. The molecule has 0 bridgehead atoms. The van der Waals surface area contributed by atoms with Gasteiger partial charge in [0.05, 0.1) is 17.5 Å². The third kappa shape index (κ3) is 4.43. The lowest BCUT2D eigenvalue weighted by molar-refractivity contribution is 0.337. The molecule has 0 atom stereocenters. The first kappa shape index (κ1) is 18.7. The van der Waals surface area contributed by atoms with Gasteiger partial charge in [-0.1, -0.05) is 35.9 Å². The van der Waals surface area contributed by atoms with Crippen molar-refractivity contribution in [1.82, 2.24) is 15.0 Å². The molecule has 0 spiro atoms. The number of aromatic nitrogens is 3. The number of nitrogens with one attached hydrogen (secondary N) is 2. The van der Waals surface area contributed by atoms with Crippen LogP contribution in [0.5, 0.6) is 5.75 Å². The van der Waals surface area contributed by atoms with Gasteiger partial charge in [0, 0.05) is 30.2 Å². The molecule has 6 nitrogen and oxygen atoms in total. The molecule has 146 valence electrons. The van der Waals surface area contributed by atoms with Crippen LogP contribution in [0.15, 0.2) is 67.0 Å². The smallest absolute Gasteiger partial charge is 0.223 e. The third-order valence-electron chi connectivity index (χ3n) is 4.53. The average molecular weight is 385 g/mol. The Morgan fingerprint density at radius 1 is 0.966 bits per heavy atom. The zero-order valence-corrected chi connectivity index (χ0v) is 16.5. The molecule has 0 unspecified atom stereocenters. The van der Waals surface area contributed by atoms with Crippen LogP contribution in [0.25, 0.3) is 10.9 Å². The first-order valence-electron chi connectivity index (χ1n) is 9.63. The van der Waals surface area contributed by atoms with E-state index in [-0.39, 0.29) is 0 Å². The van der Waals surface area contributed by atoms with Crippen LogP contribution >= 0.6 is 0 Å². The second-order valence-corrected chi connectivity index (χ2v) is 6.67. The van der Waals surface area contributed by atoms with Gasteiger partial charge in [-0.25, -0.2) is 15.0 Å². The third-order valence-corrected chi connectivity index (χ3v) is 4.53. The topological polar surface area (TPSA) is 72.0 Å². The van der Waals surface area contributed by atoms with E-state index in [1.165, 1.54) is 5.56 Å². The lowest BCUT2D eigenvalue weighted by atomic mass is 10.2. The van der Waals surface area contributed by atoms with Crippen LogP contribution in [0, 0.1) is 6.92 Å². The molecule has 2 heterocycles. The van der Waals surface area contributed by atoms with E-state index in [0.29, 0.717) is 19.1 Å². The van der Waals surface area contributed by atoms with E-state index in [1.54, 1.807) is 12.4 Å². The van der Waals surface area contributed by atoms with E-state index in [2.05, 4.69) is 44.6 Å². The summed E-state index contributed by atoms with van der Waals surface area (Å²) in [7, 11) is 0. The first-order valence-corrected chi connectivity index (χ1v) is 9.63. The van der Waals surface area contributed by atoms with Gasteiger partial charge in [-0.15, -0.1) is 0 Å². The second kappa shape index (κ2) is 8.56. The van der Waals surface area contributed by atoms with Crippen molar-refractivity contribution in [2.24, 2.45) is 0 Å². The highest BCUT2D eigenvalue weighted by Crippen LogP contribution is 2.24. The number of pyridine rings is 1. The molecule has 4 rings (SSSR count). The van der Waals surface area contributed by atoms with E-state index in [9.17, 15) is 0 Å². The number of fused-ring (bicyclic) bond motifs is 1. The maximum atomic E-state index is 5.68. The molecule has 0 fully saturated rings. The zero-order valence-electron chi connectivity index (χ0n) is 16.5. The summed E-state index contributed by atoms with van der Waals surface area (Å²) in [5.74, 6) is 2.17. The van der Waals surface area contributed by atoms with E-state index >= 15 is 0 Å². The molecule has 0 aliphatic heterocycles. The summed E-state index contributed by atoms with van der Waals surface area (Å²) in [4.78, 5) is 13.6. The average Bonchev–Trinajstić information content (AvgIpc) is 2.75. The molecular weight excluding hydrogens is 362 g/mol. The summed E-state index contributed by atoms with van der Waals surface area (Å²) < 4.78 is 5.68. The Labute approximate surface area is 170 Å². The van der Waals surface area contributed by atoms with Gasteiger partial charge in [-0.2, -0.15) is 0 Å². The fourth-order valence-electron chi connectivity index (χ4n) is 3.04. The normalized spacial score (nSPS) is 10.7. The summed E-state index contributed by atoms with van der Waals surface area (Å²) in [6, 6.07) is 18.0. The maximum Gasteiger partial charge on any atom is 0.223 e. The minimum Gasteiger partial charge on any atom is -0.494 e. The van der Waals surface area contributed by atoms with Gasteiger partial charge < -0.3 is 15.4 Å². The fraction of sp³-hybridized carbons (Fsp3) is 0.174. The van der Waals surface area contributed by atoms with Crippen molar-refractivity contribution in [2.75, 3.05) is 17.2 Å². The molecule has 0 saturated heterocycles. The van der Waals surface area contributed by atoms with E-state index < -0.39 is 0 Å². The lowest BCUT2D eigenvalue weighted by Crippen LogP contribution is -2.06. The van der Waals surface area contributed by atoms with Crippen molar-refractivity contribution < 1.29 is 4.74 Å². The molecule has 0 aliphatic carbocycles. The molecule has 2 aromatic heterocycles. The quantitative estimate of drug-likeness (QED) is 0.462. The number of aryl methyl sites for hydroxylation is 1. The number of ether oxygens (including phenoxy) is 1. The number of hydrogen-bond acceptors (Lipinski definition) is 6. The Morgan fingerprint density at radius 3 is 2.62 bits per heavy atom. The highest BCUT2D eigenvalue weighted by Gasteiger charge is 2.08. The van der Waals surface area contributed by atoms with Crippen LogP contribution in [0.1, 0.15) is 18.1 Å². The van der Waals surface area contributed by atoms with Crippen LogP contribution in [-0.2, 0) is 6.54 Å². The number of nitrogens with zero attached hydrogens (tertiary/aromatic N) is 3. The molecule has 2 N–H and O–H groups in total. The number of para-hydroxylation sites is 1. The molecule has 0 saturated carbocycles. The van der Waals surface area contributed by atoms with Crippen molar-refractivity contribution in [3.8, 4) is 5.75 Å². The summed E-state index contributed by atoms with van der Waals surface area (Å²) in [6.07, 6.45) is 3.54. The van der Waals surface area contributed by atoms with Gasteiger partial charge >= 0.3 is 0 Å². The van der Waals surface area contributed by atoms with Crippen LogP contribution in [0.3, 0.4) is 0 Å². The van der Waals surface area contributed by atoms with Crippen LogP contribution in [0.4, 0.5) is 17.5 Å². The maximum absolute atomic E-state index is 5.68. The predicted octanol–water partition coefficient (Wildman–Crippen LogP) is 5.09. The van der Waals surface area contributed by atoms with Crippen molar-refractivity contribution in [3.63, 3.8) is 0 Å². The van der Waals surface area contributed by atoms with Gasteiger partial charge in [0.2, 0.25) is 5.95 Å². The van der Waals surface area contributed by atoms with Crippen molar-refractivity contribution in [3.05, 3.63) is 78.1 Å². The summed E-state index contributed by atoms with van der Waals surface area (Å²) in [6.45, 7) is 5.26. The number of rotatable bonds is 7. The van der Waals surface area contributed by atoms with Crippen LogP contribution in [-0.4, -0.2) is 21.6 Å². The van der Waals surface area contributed by atoms with Crippen molar-refractivity contribution >= 4 is 28.4 Å². The van der Waals surface area contributed by atoms with Gasteiger partial charge in [0.1, 0.15) is 11.6 Å². The second-order valence-electron chi connectivity index (χ2n) is 6.67. The van der Waals surface area contributed by atoms with E-state index in [0.717, 1.165) is 33.7 Å². The van der Waals surface area contributed by atoms with Gasteiger partial charge in [-0.3, -0.25) is 0 Å². The Kier molecular flexibility index (Phi) is 5.52. The fourth-order valence-corrected chi connectivity index (χ4v) is 3.04. The Morgan fingerprint density at radius 2 is 1.79 bits per heavy atom. The summed E-state index contributed by atoms with van der Waals surface area (Å²) >= 11 is 0.